The molecule has 1 fully saturated rings. The Kier molecular flexibility index (Phi) is 2.51. The second-order valence-electron chi connectivity index (χ2n) is 3.83. The molecule has 2 nitrogen and oxygen atoms in total. The van der Waals surface area contributed by atoms with Crippen molar-refractivity contribution in [2.75, 3.05) is 6.61 Å². The van der Waals surface area contributed by atoms with E-state index in [1.807, 2.05) is 0 Å². The summed E-state index contributed by atoms with van der Waals surface area (Å²) in [4.78, 5) is 0. The Labute approximate surface area is 68.2 Å². The van der Waals surface area contributed by atoms with E-state index in [4.69, 9.17) is 10.00 Å². The van der Waals surface area contributed by atoms with Crippen LogP contribution >= 0.6 is 0 Å². The lowest BCUT2D eigenvalue weighted by atomic mass is 9.87. The first-order valence-corrected chi connectivity index (χ1v) is 4.15. The number of hydrogen-bond acceptors (Lipinski definition) is 2. The van der Waals surface area contributed by atoms with Gasteiger partial charge < -0.3 is 4.74 Å². The van der Waals surface area contributed by atoms with Crippen LogP contribution in [0.25, 0.3) is 0 Å². The van der Waals surface area contributed by atoms with Crippen molar-refractivity contribution in [3.8, 4) is 6.07 Å². The Hall–Kier alpha value is -0.550. The largest absolute Gasteiger partial charge is 0.376 e. The maximum Gasteiger partial charge on any atom is 0.0629 e. The van der Waals surface area contributed by atoms with Crippen molar-refractivity contribution in [2.24, 2.45) is 5.92 Å². The molecule has 1 atom stereocenters. The Balaban J connectivity index is 2.41. The lowest BCUT2D eigenvalue weighted by Crippen LogP contribution is -2.33. The van der Waals surface area contributed by atoms with Gasteiger partial charge in [-0.1, -0.05) is 0 Å². The fourth-order valence-corrected chi connectivity index (χ4v) is 1.66. The highest BCUT2D eigenvalue weighted by Gasteiger charge is 2.28. The molecular formula is C9H15NO. The molecule has 0 spiro atoms. The lowest BCUT2D eigenvalue weighted by Gasteiger charge is -2.34. The number of ether oxygens (including phenoxy) is 1. The minimum atomic E-state index is -0.000231. The van der Waals surface area contributed by atoms with Gasteiger partial charge >= 0.3 is 0 Å². The highest BCUT2D eigenvalue weighted by atomic mass is 16.5. The molecule has 1 aliphatic heterocycles. The Bertz CT molecular complexity index is 169. The molecule has 2 heteroatoms. The van der Waals surface area contributed by atoms with E-state index >= 15 is 0 Å². The molecule has 0 aromatic heterocycles. The van der Waals surface area contributed by atoms with Crippen molar-refractivity contribution in [3.63, 3.8) is 0 Å². The molecule has 0 bridgehead atoms. The van der Waals surface area contributed by atoms with E-state index in [0.29, 0.717) is 12.3 Å². The molecule has 1 rings (SSSR count). The van der Waals surface area contributed by atoms with Crippen molar-refractivity contribution in [3.05, 3.63) is 0 Å². The quantitative estimate of drug-likeness (QED) is 0.578. The number of hydrogen-bond donors (Lipinski definition) is 0. The molecule has 0 aromatic carbocycles. The third kappa shape index (κ3) is 2.51. The van der Waals surface area contributed by atoms with Gasteiger partial charge in [-0.2, -0.15) is 5.26 Å². The molecule has 0 radical (unpaired) electrons. The second-order valence-corrected chi connectivity index (χ2v) is 3.83. The average molecular weight is 153 g/mol. The van der Waals surface area contributed by atoms with Gasteiger partial charge in [0.2, 0.25) is 0 Å². The summed E-state index contributed by atoms with van der Waals surface area (Å²) in [7, 11) is 0. The van der Waals surface area contributed by atoms with Gasteiger partial charge in [-0.15, -0.1) is 0 Å². The van der Waals surface area contributed by atoms with Gasteiger partial charge in [0, 0.05) is 13.0 Å². The zero-order valence-electron chi connectivity index (χ0n) is 7.26. The van der Waals surface area contributed by atoms with Crippen molar-refractivity contribution >= 4 is 0 Å². The van der Waals surface area contributed by atoms with Crippen LogP contribution in [0.2, 0.25) is 0 Å². The predicted molar refractivity (Wildman–Crippen MR) is 43.0 cm³/mol. The summed E-state index contributed by atoms with van der Waals surface area (Å²) in [5, 5.41) is 8.50. The van der Waals surface area contributed by atoms with E-state index in [-0.39, 0.29) is 5.60 Å². The number of nitrogens with zero attached hydrogens (tertiary/aromatic N) is 1. The van der Waals surface area contributed by atoms with Gasteiger partial charge in [-0.3, -0.25) is 0 Å². The molecule has 0 N–H and O–H groups in total. The fraction of sp³-hybridized carbons (Fsp3) is 0.889. The first kappa shape index (κ1) is 8.55. The molecule has 1 heterocycles. The van der Waals surface area contributed by atoms with Gasteiger partial charge in [0.05, 0.1) is 11.7 Å². The highest BCUT2D eigenvalue weighted by Crippen LogP contribution is 2.29. The number of rotatable bonds is 1. The minimum absolute atomic E-state index is 0.000231. The van der Waals surface area contributed by atoms with Crippen molar-refractivity contribution in [1.82, 2.24) is 0 Å². The molecule has 1 unspecified atom stereocenters. The molecular weight excluding hydrogens is 138 g/mol. The third-order valence-electron chi connectivity index (χ3n) is 2.18. The van der Waals surface area contributed by atoms with E-state index in [2.05, 4.69) is 19.9 Å². The van der Waals surface area contributed by atoms with Crippen LogP contribution in [0, 0.1) is 17.2 Å². The zero-order valence-corrected chi connectivity index (χ0v) is 7.26. The Morgan fingerprint density at radius 1 is 1.64 bits per heavy atom. The van der Waals surface area contributed by atoms with Crippen molar-refractivity contribution in [1.29, 1.82) is 5.26 Å². The molecule has 0 aromatic rings. The first-order chi connectivity index (χ1) is 5.14. The van der Waals surface area contributed by atoms with Crippen LogP contribution < -0.4 is 0 Å². The molecule has 62 valence electrons. The minimum Gasteiger partial charge on any atom is -0.376 e. The summed E-state index contributed by atoms with van der Waals surface area (Å²) < 4.78 is 5.53. The summed E-state index contributed by atoms with van der Waals surface area (Å²) in [5.74, 6) is 0.559. The molecule has 0 amide bonds. The fourth-order valence-electron chi connectivity index (χ4n) is 1.66. The normalized spacial score (nSPS) is 29.4. The average Bonchev–Trinajstić information content (AvgIpc) is 1.85. The van der Waals surface area contributed by atoms with Crippen molar-refractivity contribution < 1.29 is 4.74 Å². The van der Waals surface area contributed by atoms with Crippen LogP contribution in [-0.4, -0.2) is 12.2 Å². The molecule has 11 heavy (non-hydrogen) atoms. The van der Waals surface area contributed by atoms with Gasteiger partial charge in [-0.25, -0.2) is 0 Å². The Morgan fingerprint density at radius 2 is 2.36 bits per heavy atom. The standard InChI is InChI=1S/C9H15NO/c1-9(2)7-8(3-5-10)4-6-11-9/h8H,3-4,6-7H2,1-2H3. The maximum atomic E-state index is 8.50. The van der Waals surface area contributed by atoms with Crippen LogP contribution in [0.1, 0.15) is 33.1 Å². The van der Waals surface area contributed by atoms with E-state index < -0.39 is 0 Å². The smallest absolute Gasteiger partial charge is 0.0629 e. The van der Waals surface area contributed by atoms with E-state index in [1.165, 1.54) is 0 Å². The van der Waals surface area contributed by atoms with Crippen LogP contribution in [0.5, 0.6) is 0 Å². The van der Waals surface area contributed by atoms with Gasteiger partial charge in [0.15, 0.2) is 0 Å². The van der Waals surface area contributed by atoms with E-state index in [1.54, 1.807) is 0 Å². The Morgan fingerprint density at radius 3 is 2.91 bits per heavy atom. The lowest BCUT2D eigenvalue weighted by molar-refractivity contribution is -0.0714. The topological polar surface area (TPSA) is 33.0 Å². The summed E-state index contributed by atoms with van der Waals surface area (Å²) in [6.07, 6.45) is 2.77. The summed E-state index contributed by atoms with van der Waals surface area (Å²) in [6, 6.07) is 2.22. The maximum absolute atomic E-state index is 8.50. The monoisotopic (exact) mass is 153 g/mol. The van der Waals surface area contributed by atoms with Gasteiger partial charge in [-0.05, 0) is 32.6 Å². The first-order valence-electron chi connectivity index (χ1n) is 4.15. The predicted octanol–water partition coefficient (Wildman–Crippen LogP) is 2.11. The van der Waals surface area contributed by atoms with E-state index in [0.717, 1.165) is 19.4 Å². The van der Waals surface area contributed by atoms with Crippen LogP contribution in [0.3, 0.4) is 0 Å². The SMILES string of the molecule is CC1(C)CC(CC#N)CCO1. The van der Waals surface area contributed by atoms with Crippen molar-refractivity contribution in [2.45, 2.75) is 38.7 Å². The second kappa shape index (κ2) is 3.23. The van der Waals surface area contributed by atoms with Crippen LogP contribution in [-0.2, 0) is 4.74 Å². The zero-order chi connectivity index (χ0) is 8.32. The molecule has 0 saturated carbocycles. The number of nitriles is 1. The summed E-state index contributed by atoms with van der Waals surface area (Å²) in [5.41, 5.74) is -0.000231. The van der Waals surface area contributed by atoms with Crippen LogP contribution in [0.15, 0.2) is 0 Å². The molecule has 1 aliphatic rings. The summed E-state index contributed by atoms with van der Waals surface area (Å²) in [6.45, 7) is 5.01. The molecule has 1 saturated heterocycles. The highest BCUT2D eigenvalue weighted by molar-refractivity contribution is 4.84. The molecule has 0 aliphatic carbocycles. The van der Waals surface area contributed by atoms with Gasteiger partial charge in [0.25, 0.3) is 0 Å². The third-order valence-corrected chi connectivity index (χ3v) is 2.18. The van der Waals surface area contributed by atoms with Crippen LogP contribution in [0.4, 0.5) is 0 Å². The van der Waals surface area contributed by atoms with E-state index in [9.17, 15) is 0 Å². The van der Waals surface area contributed by atoms with Gasteiger partial charge in [0.1, 0.15) is 0 Å². The summed E-state index contributed by atoms with van der Waals surface area (Å²) >= 11 is 0.